The number of alkyl carbamates (subject to hydrolysis) is 1. The van der Waals surface area contributed by atoms with Crippen LogP contribution in [0.2, 0.25) is 0 Å². The molecule has 14 heavy (non-hydrogen) atoms. The average Bonchev–Trinajstić information content (AvgIpc) is 2.02. The molecule has 0 bridgehead atoms. The number of nitrogens with one attached hydrogen (secondary N) is 1. The zero-order valence-corrected chi connectivity index (χ0v) is 8.84. The van der Waals surface area contributed by atoms with E-state index in [9.17, 15) is 9.59 Å². The third-order valence-corrected chi connectivity index (χ3v) is 1.23. The lowest BCUT2D eigenvalue weighted by Gasteiger charge is -2.24. The Morgan fingerprint density at radius 3 is 2.14 bits per heavy atom. The van der Waals surface area contributed by atoms with E-state index in [1.807, 2.05) is 0 Å². The van der Waals surface area contributed by atoms with Crippen molar-refractivity contribution in [1.82, 2.24) is 5.32 Å². The van der Waals surface area contributed by atoms with Gasteiger partial charge in [0.15, 0.2) is 0 Å². The Balaban J connectivity index is 4.27. The van der Waals surface area contributed by atoms with Gasteiger partial charge in [-0.15, -0.1) is 0 Å². The molecule has 1 amide bonds. The molecule has 0 atom stereocenters. The van der Waals surface area contributed by atoms with Crippen molar-refractivity contribution < 1.29 is 19.1 Å². The van der Waals surface area contributed by atoms with Gasteiger partial charge in [-0.25, -0.2) is 9.59 Å². The summed E-state index contributed by atoms with van der Waals surface area (Å²) >= 11 is 0. The zero-order chi connectivity index (χ0) is 11.4. The van der Waals surface area contributed by atoms with E-state index in [-0.39, 0.29) is 5.57 Å². The Bertz CT molecular complexity index is 258. The summed E-state index contributed by atoms with van der Waals surface area (Å²) in [5, 5.41) is 2.25. The number of hydrogen-bond acceptors (Lipinski definition) is 4. The summed E-state index contributed by atoms with van der Waals surface area (Å²) in [4.78, 5) is 21.9. The van der Waals surface area contributed by atoms with Crippen LogP contribution in [0.3, 0.4) is 0 Å². The minimum atomic E-state index is -1.30. The molecule has 0 aromatic rings. The van der Waals surface area contributed by atoms with Gasteiger partial charge >= 0.3 is 12.1 Å². The largest absolute Gasteiger partial charge is 0.420 e. The fourth-order valence-corrected chi connectivity index (χ4v) is 0.605. The quantitative estimate of drug-likeness (QED) is 0.423. The van der Waals surface area contributed by atoms with Crippen molar-refractivity contribution in [3.8, 4) is 0 Å². The Labute approximate surface area is 83.1 Å². The summed E-state index contributed by atoms with van der Waals surface area (Å²) in [7, 11) is 1.42. The molecule has 0 aliphatic carbocycles. The lowest BCUT2D eigenvalue weighted by atomic mass is 10.3. The van der Waals surface area contributed by atoms with Gasteiger partial charge in [-0.3, -0.25) is 0 Å². The molecule has 5 nitrogen and oxygen atoms in total. The van der Waals surface area contributed by atoms with Crippen LogP contribution in [0.25, 0.3) is 0 Å². The van der Waals surface area contributed by atoms with Gasteiger partial charge in [-0.05, 0) is 6.92 Å². The van der Waals surface area contributed by atoms with Crippen LogP contribution in [0.4, 0.5) is 4.79 Å². The van der Waals surface area contributed by atoms with Gasteiger partial charge in [0.05, 0.1) is 0 Å². The second-order valence-corrected chi connectivity index (χ2v) is 3.21. The number of carbonyl (C=O) groups is 2. The fraction of sp³-hybridized carbons (Fsp3) is 0.556. The summed E-state index contributed by atoms with van der Waals surface area (Å²) in [6, 6.07) is 0. The monoisotopic (exact) mass is 201 g/mol. The van der Waals surface area contributed by atoms with Crippen LogP contribution in [0.15, 0.2) is 12.2 Å². The molecule has 0 radical (unpaired) electrons. The van der Waals surface area contributed by atoms with Gasteiger partial charge in [0, 0.05) is 26.5 Å². The second-order valence-electron chi connectivity index (χ2n) is 3.21. The van der Waals surface area contributed by atoms with Gasteiger partial charge in [-0.2, -0.15) is 0 Å². The first kappa shape index (κ1) is 12.5. The minimum Gasteiger partial charge on any atom is -0.420 e. The number of carbonyl (C=O) groups excluding carboxylic acids is 2. The van der Waals surface area contributed by atoms with Crippen molar-refractivity contribution in [2.24, 2.45) is 0 Å². The normalized spacial score (nSPS) is 10.3. The predicted octanol–water partition coefficient (Wildman–Crippen LogP) is 1.20. The maximum atomic E-state index is 11.1. The molecule has 1 N–H and O–H groups in total. The van der Waals surface area contributed by atoms with Gasteiger partial charge in [0.1, 0.15) is 0 Å². The van der Waals surface area contributed by atoms with Crippen LogP contribution in [0.1, 0.15) is 20.8 Å². The van der Waals surface area contributed by atoms with E-state index >= 15 is 0 Å². The van der Waals surface area contributed by atoms with Crippen LogP contribution in [0, 0.1) is 0 Å². The molecule has 80 valence electrons. The number of rotatable bonds is 3. The second kappa shape index (κ2) is 4.64. The summed E-state index contributed by atoms with van der Waals surface area (Å²) < 4.78 is 9.62. The molecule has 0 heterocycles. The summed E-state index contributed by atoms with van der Waals surface area (Å²) in [6.45, 7) is 7.84. The maximum absolute atomic E-state index is 11.1. The highest BCUT2D eigenvalue weighted by Crippen LogP contribution is 2.13. The van der Waals surface area contributed by atoms with Gasteiger partial charge < -0.3 is 14.8 Å². The summed E-state index contributed by atoms with van der Waals surface area (Å²) in [6.07, 6.45) is -0.662. The van der Waals surface area contributed by atoms with Crippen molar-refractivity contribution in [2.75, 3.05) is 7.05 Å². The van der Waals surface area contributed by atoms with E-state index in [0.29, 0.717) is 0 Å². The molecule has 0 unspecified atom stereocenters. The number of hydrogen-bond donors (Lipinski definition) is 1. The van der Waals surface area contributed by atoms with E-state index < -0.39 is 17.8 Å². The molecule has 0 fully saturated rings. The highest BCUT2D eigenvalue weighted by Gasteiger charge is 2.27. The van der Waals surface area contributed by atoms with Crippen molar-refractivity contribution in [3.05, 3.63) is 12.2 Å². The highest BCUT2D eigenvalue weighted by atomic mass is 16.7. The van der Waals surface area contributed by atoms with Gasteiger partial charge in [0.2, 0.25) is 0 Å². The summed E-state index contributed by atoms with van der Waals surface area (Å²) in [5.74, 6) is -1.89. The SMILES string of the molecule is C=C(C)C(=O)OC(C)(C)OC(=O)NC. The van der Waals surface area contributed by atoms with Crippen LogP contribution in [-0.2, 0) is 14.3 Å². The molecule has 0 aromatic carbocycles. The first-order valence-corrected chi connectivity index (χ1v) is 4.08. The lowest BCUT2D eigenvalue weighted by molar-refractivity contribution is -0.189. The standard InChI is InChI=1S/C9H15NO4/c1-6(2)7(11)13-9(3,4)14-8(12)10-5/h1H2,2-5H3,(H,10,12). The van der Waals surface area contributed by atoms with Gasteiger partial charge in [0.25, 0.3) is 5.79 Å². The fourth-order valence-electron chi connectivity index (χ4n) is 0.605. The van der Waals surface area contributed by atoms with E-state index in [1.165, 1.54) is 27.8 Å². The van der Waals surface area contributed by atoms with E-state index in [2.05, 4.69) is 11.9 Å². The smallest absolute Gasteiger partial charge is 0.410 e. The Hall–Kier alpha value is -1.52. The van der Waals surface area contributed by atoms with Crippen LogP contribution in [0.5, 0.6) is 0 Å². The first-order valence-electron chi connectivity index (χ1n) is 4.08. The lowest BCUT2D eigenvalue weighted by Crippen LogP contribution is -2.37. The first-order chi connectivity index (χ1) is 6.28. The zero-order valence-electron chi connectivity index (χ0n) is 8.84. The third-order valence-electron chi connectivity index (χ3n) is 1.23. The molecule has 0 spiro atoms. The van der Waals surface area contributed by atoms with E-state index in [0.717, 1.165) is 0 Å². The average molecular weight is 201 g/mol. The molecule has 0 rings (SSSR count). The Morgan fingerprint density at radius 1 is 1.29 bits per heavy atom. The van der Waals surface area contributed by atoms with Crippen molar-refractivity contribution >= 4 is 12.1 Å². The molecular weight excluding hydrogens is 186 g/mol. The Kier molecular flexibility index (Phi) is 4.14. The maximum Gasteiger partial charge on any atom is 0.410 e. The van der Waals surface area contributed by atoms with Crippen LogP contribution >= 0.6 is 0 Å². The topological polar surface area (TPSA) is 64.6 Å². The minimum absolute atomic E-state index is 0.249. The van der Waals surface area contributed by atoms with Crippen LogP contribution in [-0.4, -0.2) is 24.9 Å². The molecular formula is C9H15NO4. The number of esters is 1. The molecule has 0 aromatic heterocycles. The predicted molar refractivity (Wildman–Crippen MR) is 50.5 cm³/mol. The molecule has 0 aliphatic rings. The van der Waals surface area contributed by atoms with Gasteiger partial charge in [-0.1, -0.05) is 6.58 Å². The van der Waals surface area contributed by atoms with E-state index in [4.69, 9.17) is 9.47 Å². The molecule has 5 heteroatoms. The van der Waals surface area contributed by atoms with Crippen molar-refractivity contribution in [2.45, 2.75) is 26.6 Å². The Morgan fingerprint density at radius 2 is 1.79 bits per heavy atom. The molecule has 0 saturated carbocycles. The molecule has 0 saturated heterocycles. The molecule has 0 aliphatic heterocycles. The third kappa shape index (κ3) is 4.49. The summed E-state index contributed by atoms with van der Waals surface area (Å²) in [5.41, 5.74) is 0.249. The highest BCUT2D eigenvalue weighted by molar-refractivity contribution is 5.87. The number of ether oxygens (including phenoxy) is 2. The van der Waals surface area contributed by atoms with Crippen molar-refractivity contribution in [1.29, 1.82) is 0 Å². The van der Waals surface area contributed by atoms with Crippen molar-refractivity contribution in [3.63, 3.8) is 0 Å². The number of amides is 1. The van der Waals surface area contributed by atoms with E-state index in [1.54, 1.807) is 0 Å². The van der Waals surface area contributed by atoms with Crippen LogP contribution < -0.4 is 5.32 Å².